The number of carbonyl (C=O) groups is 2. The van der Waals surface area contributed by atoms with Crippen molar-refractivity contribution in [3.8, 4) is 11.5 Å². The third kappa shape index (κ3) is 5.61. The van der Waals surface area contributed by atoms with E-state index in [0.717, 1.165) is 25.9 Å². The SMILES string of the molecule is O=C(CN1CCN(C(=O)c2ccc(Oc3ccc(Cl)cc3[N+](=O)[O-])cc2)CC1)N1CCCC1. The molecule has 9 nitrogen and oxygen atoms in total. The van der Waals surface area contributed by atoms with E-state index in [1.807, 2.05) is 4.90 Å². The van der Waals surface area contributed by atoms with Crippen LogP contribution >= 0.6 is 11.6 Å². The Hall–Kier alpha value is -3.17. The van der Waals surface area contributed by atoms with E-state index in [-0.39, 0.29) is 28.3 Å². The number of hydrogen-bond donors (Lipinski definition) is 0. The average Bonchev–Trinajstić information content (AvgIpc) is 3.36. The van der Waals surface area contributed by atoms with Gasteiger partial charge in [-0.2, -0.15) is 0 Å². The Labute approximate surface area is 196 Å². The van der Waals surface area contributed by atoms with Gasteiger partial charge in [0.1, 0.15) is 5.75 Å². The van der Waals surface area contributed by atoms with E-state index in [1.165, 1.54) is 18.2 Å². The summed E-state index contributed by atoms with van der Waals surface area (Å²) < 4.78 is 5.63. The van der Waals surface area contributed by atoms with Gasteiger partial charge in [0.2, 0.25) is 11.7 Å². The molecule has 2 amide bonds. The minimum absolute atomic E-state index is 0.0723. The van der Waals surface area contributed by atoms with Gasteiger partial charge in [-0.05, 0) is 49.2 Å². The first-order valence-corrected chi connectivity index (χ1v) is 11.3. The van der Waals surface area contributed by atoms with E-state index in [4.69, 9.17) is 16.3 Å². The molecule has 0 bridgehead atoms. The van der Waals surface area contributed by atoms with E-state index < -0.39 is 4.92 Å². The Balaban J connectivity index is 1.32. The van der Waals surface area contributed by atoms with Crippen molar-refractivity contribution in [3.63, 3.8) is 0 Å². The quantitative estimate of drug-likeness (QED) is 0.472. The Morgan fingerprint density at radius 2 is 1.61 bits per heavy atom. The number of halogens is 1. The molecule has 2 aromatic carbocycles. The van der Waals surface area contributed by atoms with Crippen LogP contribution in [0.15, 0.2) is 42.5 Å². The monoisotopic (exact) mass is 472 g/mol. The lowest BCUT2D eigenvalue weighted by molar-refractivity contribution is -0.385. The number of ether oxygens (including phenoxy) is 1. The molecular weight excluding hydrogens is 448 g/mol. The summed E-state index contributed by atoms with van der Waals surface area (Å²) in [5.41, 5.74) is 0.276. The molecule has 0 unspecified atom stereocenters. The summed E-state index contributed by atoms with van der Waals surface area (Å²) >= 11 is 5.83. The highest BCUT2D eigenvalue weighted by atomic mass is 35.5. The highest BCUT2D eigenvalue weighted by Crippen LogP contribution is 2.33. The smallest absolute Gasteiger partial charge is 0.313 e. The van der Waals surface area contributed by atoms with E-state index in [0.29, 0.717) is 44.0 Å². The van der Waals surface area contributed by atoms with Crippen LogP contribution in [0.3, 0.4) is 0 Å². The van der Waals surface area contributed by atoms with Crippen LogP contribution < -0.4 is 4.74 Å². The number of carbonyl (C=O) groups excluding carboxylic acids is 2. The molecule has 0 atom stereocenters. The molecule has 10 heteroatoms. The van der Waals surface area contributed by atoms with Crippen molar-refractivity contribution in [2.75, 3.05) is 45.8 Å². The largest absolute Gasteiger partial charge is 0.450 e. The van der Waals surface area contributed by atoms with Gasteiger partial charge in [0.25, 0.3) is 5.91 Å². The Morgan fingerprint density at radius 3 is 2.24 bits per heavy atom. The van der Waals surface area contributed by atoms with Gasteiger partial charge in [0, 0.05) is 55.9 Å². The average molecular weight is 473 g/mol. The van der Waals surface area contributed by atoms with Gasteiger partial charge in [-0.25, -0.2) is 0 Å². The van der Waals surface area contributed by atoms with Gasteiger partial charge in [0.05, 0.1) is 11.5 Å². The van der Waals surface area contributed by atoms with E-state index in [9.17, 15) is 19.7 Å². The molecule has 2 saturated heterocycles. The van der Waals surface area contributed by atoms with Crippen LogP contribution in [-0.2, 0) is 4.79 Å². The zero-order valence-corrected chi connectivity index (χ0v) is 18.9. The molecule has 0 spiro atoms. The molecule has 2 aromatic rings. The Kier molecular flexibility index (Phi) is 7.10. The Morgan fingerprint density at radius 1 is 0.939 bits per heavy atom. The zero-order valence-electron chi connectivity index (χ0n) is 18.1. The number of amides is 2. The second-order valence-corrected chi connectivity index (χ2v) is 8.59. The fourth-order valence-corrected chi connectivity index (χ4v) is 4.23. The lowest BCUT2D eigenvalue weighted by atomic mass is 10.1. The predicted octanol–water partition coefficient (Wildman–Crippen LogP) is 3.42. The minimum Gasteiger partial charge on any atom is -0.450 e. The van der Waals surface area contributed by atoms with Crippen molar-refractivity contribution in [1.29, 1.82) is 0 Å². The van der Waals surface area contributed by atoms with Gasteiger partial charge in [-0.15, -0.1) is 0 Å². The van der Waals surface area contributed by atoms with Crippen molar-refractivity contribution in [1.82, 2.24) is 14.7 Å². The number of nitro benzene ring substituents is 1. The van der Waals surface area contributed by atoms with E-state index >= 15 is 0 Å². The molecule has 2 aliphatic heterocycles. The maximum atomic E-state index is 12.9. The molecule has 0 saturated carbocycles. The lowest BCUT2D eigenvalue weighted by Gasteiger charge is -2.35. The number of nitrogens with zero attached hydrogens (tertiary/aromatic N) is 4. The van der Waals surface area contributed by atoms with Crippen LogP contribution in [0, 0.1) is 10.1 Å². The van der Waals surface area contributed by atoms with Crippen LogP contribution in [-0.4, -0.2) is 77.3 Å². The summed E-state index contributed by atoms with van der Waals surface area (Å²) in [7, 11) is 0. The van der Waals surface area contributed by atoms with Crippen molar-refractivity contribution < 1.29 is 19.2 Å². The number of likely N-dealkylation sites (tertiary alicyclic amines) is 1. The number of hydrogen-bond acceptors (Lipinski definition) is 6. The number of rotatable bonds is 6. The van der Waals surface area contributed by atoms with Crippen molar-refractivity contribution in [3.05, 3.63) is 63.2 Å². The molecular formula is C23H25ClN4O5. The van der Waals surface area contributed by atoms with Gasteiger partial charge in [0.15, 0.2) is 0 Å². The molecule has 2 aliphatic rings. The molecule has 174 valence electrons. The minimum atomic E-state index is -0.558. The van der Waals surface area contributed by atoms with Crippen LogP contribution in [0.5, 0.6) is 11.5 Å². The molecule has 2 heterocycles. The normalized spacial score (nSPS) is 16.6. The molecule has 0 N–H and O–H groups in total. The van der Waals surface area contributed by atoms with Crippen LogP contribution in [0.2, 0.25) is 5.02 Å². The fraction of sp³-hybridized carbons (Fsp3) is 0.391. The summed E-state index contributed by atoms with van der Waals surface area (Å²) in [6.07, 6.45) is 2.16. The highest BCUT2D eigenvalue weighted by molar-refractivity contribution is 6.30. The van der Waals surface area contributed by atoms with Gasteiger partial charge in [-0.1, -0.05) is 11.6 Å². The lowest BCUT2D eigenvalue weighted by Crippen LogP contribution is -2.51. The summed E-state index contributed by atoms with van der Waals surface area (Å²) in [6, 6.07) is 10.7. The second-order valence-electron chi connectivity index (χ2n) is 8.15. The third-order valence-electron chi connectivity index (χ3n) is 5.92. The van der Waals surface area contributed by atoms with Crippen molar-refractivity contribution in [2.24, 2.45) is 0 Å². The second kappa shape index (κ2) is 10.2. The summed E-state index contributed by atoms with van der Waals surface area (Å²) in [6.45, 7) is 4.54. The zero-order chi connectivity index (χ0) is 23.4. The van der Waals surface area contributed by atoms with Gasteiger partial charge >= 0.3 is 5.69 Å². The predicted molar refractivity (Wildman–Crippen MR) is 123 cm³/mol. The standard InChI is InChI=1S/C23H25ClN4O5/c24-18-5-8-21(20(15-18)28(31)32)33-19-6-3-17(4-7-19)23(30)27-13-11-25(12-14-27)16-22(29)26-9-1-2-10-26/h3-8,15H,1-2,9-14,16H2. The van der Waals surface area contributed by atoms with Crippen molar-refractivity contribution >= 4 is 29.1 Å². The van der Waals surface area contributed by atoms with E-state index in [1.54, 1.807) is 29.2 Å². The topological polar surface area (TPSA) is 96.2 Å². The first-order chi connectivity index (χ1) is 15.9. The first-order valence-electron chi connectivity index (χ1n) is 10.9. The number of piperazine rings is 1. The summed E-state index contributed by atoms with van der Waals surface area (Å²) in [5.74, 6) is 0.527. The molecule has 33 heavy (non-hydrogen) atoms. The van der Waals surface area contributed by atoms with Crippen LogP contribution in [0.1, 0.15) is 23.2 Å². The maximum absolute atomic E-state index is 12.9. The fourth-order valence-electron chi connectivity index (χ4n) is 4.06. The van der Waals surface area contributed by atoms with E-state index in [2.05, 4.69) is 4.90 Å². The van der Waals surface area contributed by atoms with Crippen molar-refractivity contribution in [2.45, 2.75) is 12.8 Å². The summed E-state index contributed by atoms with van der Waals surface area (Å²) in [5, 5.41) is 11.5. The Bertz CT molecular complexity index is 1030. The van der Waals surface area contributed by atoms with Crippen LogP contribution in [0.25, 0.3) is 0 Å². The number of benzene rings is 2. The van der Waals surface area contributed by atoms with Gasteiger partial charge in [-0.3, -0.25) is 24.6 Å². The van der Waals surface area contributed by atoms with Crippen LogP contribution in [0.4, 0.5) is 5.69 Å². The highest BCUT2D eigenvalue weighted by Gasteiger charge is 2.26. The molecule has 2 fully saturated rings. The molecule has 0 aliphatic carbocycles. The maximum Gasteiger partial charge on any atom is 0.313 e. The molecule has 0 aromatic heterocycles. The number of nitro groups is 1. The molecule has 4 rings (SSSR count). The summed E-state index contributed by atoms with van der Waals surface area (Å²) in [4.78, 5) is 41.7. The third-order valence-corrected chi connectivity index (χ3v) is 6.16. The first kappa shape index (κ1) is 23.0. The van der Waals surface area contributed by atoms with Gasteiger partial charge < -0.3 is 14.5 Å². The molecule has 0 radical (unpaired) electrons.